The van der Waals surface area contributed by atoms with Crippen LogP contribution in [0, 0.1) is 0 Å². The van der Waals surface area contributed by atoms with E-state index >= 15 is 0 Å². The van der Waals surface area contributed by atoms with Crippen molar-refractivity contribution in [1.82, 2.24) is 20.1 Å². The van der Waals surface area contributed by atoms with Crippen LogP contribution < -0.4 is 0 Å². The summed E-state index contributed by atoms with van der Waals surface area (Å²) in [4.78, 5) is 30.4. The van der Waals surface area contributed by atoms with Gasteiger partial charge in [-0.25, -0.2) is 9.86 Å². The van der Waals surface area contributed by atoms with Crippen LogP contribution in [0.4, 0.5) is 4.79 Å². The van der Waals surface area contributed by atoms with Gasteiger partial charge in [0, 0.05) is 24.2 Å². The molecule has 0 unspecified atom stereocenters. The van der Waals surface area contributed by atoms with Gasteiger partial charge in [-0.2, -0.15) is 4.98 Å². The Kier molecular flexibility index (Phi) is 7.70. The number of hydrogen-bond donors (Lipinski definition) is 1. The smallest absolute Gasteiger partial charge is 0.410 e. The van der Waals surface area contributed by atoms with Crippen LogP contribution in [0.15, 0.2) is 28.8 Å². The minimum Gasteiger partial charge on any atom is -0.444 e. The zero-order chi connectivity index (χ0) is 24.2. The monoisotopic (exact) mass is 460 g/mol. The minimum atomic E-state index is -0.510. The average Bonchev–Trinajstić information content (AvgIpc) is 3.25. The van der Waals surface area contributed by atoms with E-state index < -0.39 is 11.5 Å². The van der Waals surface area contributed by atoms with Crippen molar-refractivity contribution in [2.75, 3.05) is 13.1 Å². The second kappa shape index (κ2) is 10.3. The van der Waals surface area contributed by atoms with Gasteiger partial charge in [-0.1, -0.05) is 5.16 Å². The molecule has 0 bridgehead atoms. The summed E-state index contributed by atoms with van der Waals surface area (Å²) in [7, 11) is 0. The Morgan fingerprint density at radius 3 is 2.42 bits per heavy atom. The number of rotatable bonds is 6. The zero-order valence-corrected chi connectivity index (χ0v) is 19.8. The lowest BCUT2D eigenvalue weighted by Gasteiger charge is -2.33. The molecule has 1 aromatic heterocycles. The van der Waals surface area contributed by atoms with E-state index in [9.17, 15) is 14.8 Å². The van der Waals surface area contributed by atoms with Crippen molar-refractivity contribution in [3.05, 3.63) is 35.7 Å². The third kappa shape index (κ3) is 6.75. The summed E-state index contributed by atoms with van der Waals surface area (Å²) in [6.07, 6.45) is 1.11. The van der Waals surface area contributed by atoms with Crippen LogP contribution in [-0.2, 0) is 16.1 Å². The van der Waals surface area contributed by atoms with Gasteiger partial charge in [0.25, 0.3) is 11.8 Å². The van der Waals surface area contributed by atoms with Gasteiger partial charge in [0.1, 0.15) is 12.2 Å². The number of nitrogens with zero attached hydrogens (tertiary/aromatic N) is 4. The van der Waals surface area contributed by atoms with Crippen molar-refractivity contribution in [2.24, 2.45) is 0 Å². The van der Waals surface area contributed by atoms with E-state index in [4.69, 9.17) is 14.0 Å². The number of likely N-dealkylation sites (tertiary alicyclic amines) is 1. The first-order chi connectivity index (χ1) is 15.5. The van der Waals surface area contributed by atoms with Gasteiger partial charge >= 0.3 is 6.09 Å². The molecule has 2 heterocycles. The van der Waals surface area contributed by atoms with E-state index in [0.717, 1.165) is 0 Å². The predicted octanol–water partition coefficient (Wildman–Crippen LogP) is 3.89. The summed E-state index contributed by atoms with van der Waals surface area (Å²) in [5.41, 5.74) is 0.505. The predicted molar refractivity (Wildman–Crippen MR) is 118 cm³/mol. The molecule has 0 radical (unpaired) electrons. The number of amides is 2. The average molecular weight is 461 g/mol. The number of hydrogen-bond acceptors (Lipinski definition) is 8. The fourth-order valence-electron chi connectivity index (χ4n) is 3.28. The summed E-state index contributed by atoms with van der Waals surface area (Å²) in [5, 5.41) is 14.4. The molecule has 10 heteroatoms. The first-order valence-corrected chi connectivity index (χ1v) is 11.1. The van der Waals surface area contributed by atoms with Crippen molar-refractivity contribution in [2.45, 2.75) is 71.8 Å². The first-order valence-electron chi connectivity index (χ1n) is 11.1. The molecule has 1 aromatic carbocycles. The van der Waals surface area contributed by atoms with Crippen LogP contribution in [0.5, 0.6) is 0 Å². The van der Waals surface area contributed by atoms with E-state index in [2.05, 4.69) is 10.1 Å². The quantitative estimate of drug-likeness (QED) is 0.509. The van der Waals surface area contributed by atoms with Gasteiger partial charge in [0.05, 0.1) is 12.1 Å². The summed E-state index contributed by atoms with van der Waals surface area (Å²) >= 11 is 0. The van der Waals surface area contributed by atoms with E-state index in [-0.39, 0.29) is 24.8 Å². The van der Waals surface area contributed by atoms with E-state index in [0.29, 0.717) is 53.8 Å². The molecule has 1 saturated heterocycles. The maximum Gasteiger partial charge on any atom is 0.410 e. The largest absolute Gasteiger partial charge is 0.444 e. The molecule has 1 aliphatic heterocycles. The highest BCUT2D eigenvalue weighted by Crippen LogP contribution is 2.21. The van der Waals surface area contributed by atoms with Gasteiger partial charge in [-0.3, -0.25) is 10.0 Å². The molecule has 0 saturated carbocycles. The highest BCUT2D eigenvalue weighted by Gasteiger charge is 2.27. The molecule has 2 aromatic rings. The second-order valence-electron chi connectivity index (χ2n) is 9.31. The van der Waals surface area contributed by atoms with E-state index in [1.807, 2.05) is 20.8 Å². The van der Waals surface area contributed by atoms with Crippen LogP contribution in [0.2, 0.25) is 0 Å². The molecule has 0 spiro atoms. The Labute approximate surface area is 193 Å². The molecule has 10 nitrogen and oxygen atoms in total. The third-order valence-electron chi connectivity index (χ3n) is 5.09. The molecular formula is C23H32N4O6. The number of hydroxylamine groups is 2. The van der Waals surface area contributed by atoms with Crippen molar-refractivity contribution < 1.29 is 28.8 Å². The van der Waals surface area contributed by atoms with Crippen molar-refractivity contribution in [3.8, 4) is 11.5 Å². The zero-order valence-electron chi connectivity index (χ0n) is 19.8. The molecule has 0 atom stereocenters. The summed E-state index contributed by atoms with van der Waals surface area (Å²) < 4.78 is 16.6. The second-order valence-corrected chi connectivity index (χ2v) is 9.31. The molecule has 1 aliphatic rings. The number of ether oxygens (including phenoxy) is 2. The number of carbonyl (C=O) groups is 2. The fourth-order valence-corrected chi connectivity index (χ4v) is 3.28. The number of carbonyl (C=O) groups excluding carboxylic acids is 2. The lowest BCUT2D eigenvalue weighted by atomic mass is 10.1. The SMILES string of the molecule is CC(C)N(O)C(=O)c1ccc(-c2nc(COC3CCN(C(=O)OC(C)(C)C)CC3)no2)cc1. The van der Waals surface area contributed by atoms with Crippen molar-refractivity contribution in [3.63, 3.8) is 0 Å². The third-order valence-corrected chi connectivity index (χ3v) is 5.09. The Hall–Kier alpha value is -2.98. The molecule has 180 valence electrons. The molecule has 1 fully saturated rings. The van der Waals surface area contributed by atoms with Gasteiger partial charge in [-0.05, 0) is 71.7 Å². The standard InChI is InChI=1S/C23H32N4O6/c1-15(2)27(30)21(28)17-8-6-16(7-9-17)20-24-19(25-33-20)14-31-18-10-12-26(13-11-18)22(29)32-23(3,4)5/h6-9,15,18,30H,10-14H2,1-5H3. The molecule has 2 amide bonds. The highest BCUT2D eigenvalue weighted by atomic mass is 16.6. The summed E-state index contributed by atoms with van der Waals surface area (Å²) in [6.45, 7) is 10.3. The maximum absolute atomic E-state index is 12.2. The first kappa shape index (κ1) is 24.7. The Morgan fingerprint density at radius 2 is 1.85 bits per heavy atom. The Morgan fingerprint density at radius 1 is 1.21 bits per heavy atom. The van der Waals surface area contributed by atoms with E-state index in [1.165, 1.54) is 0 Å². The van der Waals surface area contributed by atoms with Gasteiger partial charge < -0.3 is 18.9 Å². The van der Waals surface area contributed by atoms with Crippen molar-refractivity contribution in [1.29, 1.82) is 0 Å². The number of piperidine rings is 1. The number of aromatic nitrogens is 2. The van der Waals surface area contributed by atoms with Crippen LogP contribution in [0.1, 0.15) is 63.6 Å². The van der Waals surface area contributed by atoms with Gasteiger partial charge in [0.15, 0.2) is 5.82 Å². The Balaban J connectivity index is 1.49. The molecular weight excluding hydrogens is 428 g/mol. The van der Waals surface area contributed by atoms with Crippen molar-refractivity contribution >= 4 is 12.0 Å². The number of benzene rings is 1. The lowest BCUT2D eigenvalue weighted by Crippen LogP contribution is -2.43. The highest BCUT2D eigenvalue weighted by molar-refractivity contribution is 5.94. The molecule has 1 N–H and O–H groups in total. The Bertz CT molecular complexity index is 943. The van der Waals surface area contributed by atoms with Crippen LogP contribution in [0.25, 0.3) is 11.5 Å². The van der Waals surface area contributed by atoms with E-state index in [1.54, 1.807) is 43.0 Å². The molecule has 0 aliphatic carbocycles. The fraction of sp³-hybridized carbons (Fsp3) is 0.565. The minimum absolute atomic E-state index is 0.00156. The molecule has 3 rings (SSSR count). The van der Waals surface area contributed by atoms with Crippen LogP contribution in [0.3, 0.4) is 0 Å². The maximum atomic E-state index is 12.2. The van der Waals surface area contributed by atoms with Gasteiger partial charge in [0.2, 0.25) is 0 Å². The van der Waals surface area contributed by atoms with Crippen LogP contribution in [-0.4, -0.2) is 68.1 Å². The normalized spacial score (nSPS) is 15.1. The summed E-state index contributed by atoms with van der Waals surface area (Å²) in [5.74, 6) is 0.256. The molecule has 33 heavy (non-hydrogen) atoms. The summed E-state index contributed by atoms with van der Waals surface area (Å²) in [6, 6.07) is 6.25. The van der Waals surface area contributed by atoms with Gasteiger partial charge in [-0.15, -0.1) is 0 Å². The lowest BCUT2D eigenvalue weighted by molar-refractivity contribution is -0.0794. The van der Waals surface area contributed by atoms with Crippen LogP contribution >= 0.6 is 0 Å². The topological polar surface area (TPSA) is 118 Å².